The Balaban J connectivity index is 4.28. The van der Waals surface area contributed by atoms with Crippen molar-refractivity contribution in [1.82, 2.24) is 5.32 Å². The molecule has 1 unspecified atom stereocenters. The highest BCUT2D eigenvalue weighted by Gasteiger charge is 2.07. The van der Waals surface area contributed by atoms with Crippen molar-refractivity contribution < 1.29 is 4.92 Å². The van der Waals surface area contributed by atoms with Crippen LogP contribution in [0, 0.1) is 10.1 Å². The molecule has 3 N–H and O–H groups in total. The molecule has 0 aromatic heterocycles. The van der Waals surface area contributed by atoms with Gasteiger partial charge < -0.3 is 15.4 Å². The fraction of sp³-hybridized carbons (Fsp3) is 0.600. The van der Waals surface area contributed by atoms with E-state index in [9.17, 15) is 10.1 Å². The van der Waals surface area contributed by atoms with Gasteiger partial charge in [0.2, 0.25) is 0 Å². The third-order valence-electron chi connectivity index (χ3n) is 1.01. The number of allylic oxidation sites excluding steroid dienone is 1. The molecule has 0 saturated heterocycles. The Morgan fingerprint density at radius 2 is 2.27 bits per heavy atom. The first-order chi connectivity index (χ1) is 4.95. The zero-order valence-electron chi connectivity index (χ0n) is 6.37. The van der Waals surface area contributed by atoms with Crippen molar-refractivity contribution in [3.05, 3.63) is 21.6 Å². The van der Waals surface area contributed by atoms with E-state index in [1.54, 1.807) is 6.92 Å². The lowest BCUT2D eigenvalue weighted by Crippen LogP contribution is -2.24. The lowest BCUT2D eigenvalue weighted by atomic mass is 10.4. The Hall–Kier alpha value is -0.910. The van der Waals surface area contributed by atoms with Crippen LogP contribution in [-0.4, -0.2) is 10.3 Å². The van der Waals surface area contributed by atoms with Gasteiger partial charge in [0.25, 0.3) is 0 Å². The molecule has 0 aliphatic rings. The van der Waals surface area contributed by atoms with Crippen LogP contribution in [0.2, 0.25) is 0 Å². The van der Waals surface area contributed by atoms with Gasteiger partial charge in [-0.3, -0.25) is 5.73 Å². The first-order valence-electron chi connectivity index (χ1n) is 3.00. The molecule has 5 nitrogen and oxygen atoms in total. The molecule has 1 atom stereocenters. The average molecular weight is 177 g/mol. The number of hydrogen-bond acceptors (Lipinski definition) is 5. The first-order valence-corrected chi connectivity index (χ1v) is 3.52. The fourth-order valence-electron chi connectivity index (χ4n) is 0.524. The maximum Gasteiger partial charge on any atom is 0.332 e. The Bertz CT molecular complexity index is 190. The molecule has 0 radical (unpaired) electrons. The first kappa shape index (κ1) is 10.1. The number of nitro groups is 1. The quantitative estimate of drug-likeness (QED) is 0.250. The maximum atomic E-state index is 10.1. The Morgan fingerprint density at radius 3 is 2.55 bits per heavy atom. The lowest BCUT2D eigenvalue weighted by molar-refractivity contribution is -0.428. The summed E-state index contributed by atoms with van der Waals surface area (Å²) >= 11 is 3.98. The van der Waals surface area contributed by atoms with Crippen LogP contribution in [0.4, 0.5) is 0 Å². The lowest BCUT2D eigenvalue weighted by Gasteiger charge is -2.08. The molecule has 0 bridgehead atoms. The van der Waals surface area contributed by atoms with Gasteiger partial charge in [0.15, 0.2) is 0 Å². The second-order valence-corrected chi connectivity index (χ2v) is 2.86. The normalized spacial score (nSPS) is 15.2. The minimum Gasteiger partial charge on any atom is -0.371 e. The average Bonchev–Trinajstić information content (AvgIpc) is 1.84. The smallest absolute Gasteiger partial charge is 0.332 e. The number of nitrogens with zero attached hydrogens (tertiary/aromatic N) is 1. The molecule has 0 aromatic carbocycles. The number of rotatable bonds is 3. The standard InChI is InChI=1S/C5H11N3O2S/c1-3(7-4(2)11)5(6)8(9)10/h4,7,11H,6H2,1-2H3/b5-3-. The number of hydrogen-bond donors (Lipinski definition) is 3. The van der Waals surface area contributed by atoms with Gasteiger partial charge in [0.1, 0.15) is 5.70 Å². The molecule has 0 spiro atoms. The predicted molar refractivity (Wildman–Crippen MR) is 45.5 cm³/mol. The molecule has 0 fully saturated rings. The van der Waals surface area contributed by atoms with Crippen molar-refractivity contribution >= 4 is 12.6 Å². The minimum atomic E-state index is -0.640. The van der Waals surface area contributed by atoms with Gasteiger partial charge in [-0.1, -0.05) is 0 Å². The van der Waals surface area contributed by atoms with Gasteiger partial charge in [-0.2, -0.15) is 12.6 Å². The molecule has 0 saturated carbocycles. The van der Waals surface area contributed by atoms with E-state index >= 15 is 0 Å². The molecule has 6 heteroatoms. The van der Waals surface area contributed by atoms with Crippen LogP contribution in [0.3, 0.4) is 0 Å². The van der Waals surface area contributed by atoms with Crippen LogP contribution in [-0.2, 0) is 0 Å². The summed E-state index contributed by atoms with van der Waals surface area (Å²) in [7, 11) is 0. The van der Waals surface area contributed by atoms with Crippen molar-refractivity contribution in [2.75, 3.05) is 0 Å². The van der Waals surface area contributed by atoms with Crippen LogP contribution in [0.25, 0.3) is 0 Å². The van der Waals surface area contributed by atoms with Gasteiger partial charge in [-0.15, -0.1) is 0 Å². The van der Waals surface area contributed by atoms with Gasteiger partial charge in [0.05, 0.1) is 5.37 Å². The van der Waals surface area contributed by atoms with Crippen LogP contribution in [0.1, 0.15) is 13.8 Å². The van der Waals surface area contributed by atoms with Crippen molar-refractivity contribution in [1.29, 1.82) is 0 Å². The van der Waals surface area contributed by atoms with E-state index in [1.165, 1.54) is 6.92 Å². The SMILES string of the molecule is C/C(NC(C)S)=C(\N)[N+](=O)[O-]. The number of nitrogens with two attached hydrogens (primary N) is 1. The van der Waals surface area contributed by atoms with E-state index in [0.29, 0.717) is 5.70 Å². The summed E-state index contributed by atoms with van der Waals surface area (Å²) in [6.07, 6.45) is 0. The van der Waals surface area contributed by atoms with Gasteiger partial charge in [-0.05, 0) is 18.8 Å². The maximum absolute atomic E-state index is 10.1. The van der Waals surface area contributed by atoms with Gasteiger partial charge in [-0.25, -0.2) is 0 Å². The largest absolute Gasteiger partial charge is 0.371 e. The summed E-state index contributed by atoms with van der Waals surface area (Å²) < 4.78 is 0. The molecule has 0 rings (SSSR count). The van der Waals surface area contributed by atoms with E-state index < -0.39 is 4.92 Å². The van der Waals surface area contributed by atoms with E-state index in [4.69, 9.17) is 5.73 Å². The summed E-state index contributed by atoms with van der Waals surface area (Å²) in [4.78, 5) is 9.44. The zero-order valence-corrected chi connectivity index (χ0v) is 7.26. The second-order valence-electron chi connectivity index (χ2n) is 2.09. The van der Waals surface area contributed by atoms with Gasteiger partial charge in [0, 0.05) is 0 Å². The van der Waals surface area contributed by atoms with Crippen molar-refractivity contribution in [3.8, 4) is 0 Å². The molecular weight excluding hydrogens is 166 g/mol. The van der Waals surface area contributed by atoms with Crippen LogP contribution in [0.15, 0.2) is 11.5 Å². The molecule has 0 aliphatic heterocycles. The third-order valence-corrected chi connectivity index (χ3v) is 1.14. The predicted octanol–water partition coefficient (Wildman–Crippen LogP) is 0.276. The van der Waals surface area contributed by atoms with Crippen LogP contribution < -0.4 is 11.1 Å². The molecular formula is C5H11N3O2S. The van der Waals surface area contributed by atoms with Crippen molar-refractivity contribution in [3.63, 3.8) is 0 Å². The highest BCUT2D eigenvalue weighted by molar-refractivity contribution is 7.80. The Labute approximate surface area is 70.2 Å². The van der Waals surface area contributed by atoms with E-state index in [2.05, 4.69) is 17.9 Å². The van der Waals surface area contributed by atoms with Crippen LogP contribution >= 0.6 is 12.6 Å². The number of nitrogens with one attached hydrogen (secondary N) is 1. The third kappa shape index (κ3) is 3.72. The minimum absolute atomic E-state index is 0.145. The topological polar surface area (TPSA) is 81.2 Å². The monoisotopic (exact) mass is 177 g/mol. The molecule has 0 amide bonds. The summed E-state index contributed by atoms with van der Waals surface area (Å²) in [6, 6.07) is 0. The fourth-order valence-corrected chi connectivity index (χ4v) is 0.718. The summed E-state index contributed by atoms with van der Waals surface area (Å²) in [6.45, 7) is 3.28. The molecule has 11 heavy (non-hydrogen) atoms. The highest BCUT2D eigenvalue weighted by Crippen LogP contribution is 1.97. The van der Waals surface area contributed by atoms with Gasteiger partial charge >= 0.3 is 5.82 Å². The summed E-state index contributed by atoms with van der Waals surface area (Å²) in [5.74, 6) is -0.370. The van der Waals surface area contributed by atoms with E-state index in [0.717, 1.165) is 0 Å². The molecule has 0 heterocycles. The zero-order chi connectivity index (χ0) is 9.02. The van der Waals surface area contributed by atoms with E-state index in [-0.39, 0.29) is 11.2 Å². The highest BCUT2D eigenvalue weighted by atomic mass is 32.1. The molecule has 0 aliphatic carbocycles. The van der Waals surface area contributed by atoms with Crippen molar-refractivity contribution in [2.45, 2.75) is 19.2 Å². The van der Waals surface area contributed by atoms with Crippen LogP contribution in [0.5, 0.6) is 0 Å². The van der Waals surface area contributed by atoms with E-state index in [1.807, 2.05) is 0 Å². The second kappa shape index (κ2) is 4.07. The van der Waals surface area contributed by atoms with Crippen molar-refractivity contribution in [2.24, 2.45) is 5.73 Å². The Kier molecular flexibility index (Phi) is 3.73. The number of thiol groups is 1. The molecule has 64 valence electrons. The Morgan fingerprint density at radius 1 is 1.82 bits per heavy atom. The summed E-state index contributed by atoms with van der Waals surface area (Å²) in [5, 5.41) is 12.6. The molecule has 0 aromatic rings. The summed E-state index contributed by atoms with van der Waals surface area (Å²) in [5.41, 5.74) is 5.42.